The van der Waals surface area contributed by atoms with Crippen LogP contribution >= 0.6 is 0 Å². The molecule has 0 radical (unpaired) electrons. The number of anilines is 3. The van der Waals surface area contributed by atoms with E-state index in [4.69, 9.17) is 4.42 Å². The van der Waals surface area contributed by atoms with Gasteiger partial charge in [0.2, 0.25) is 0 Å². The van der Waals surface area contributed by atoms with Gasteiger partial charge in [0.25, 0.3) is 0 Å². The maximum absolute atomic E-state index is 6.39. The monoisotopic (exact) mass is 713 g/mol. The third-order valence-electron chi connectivity index (χ3n) is 11.3. The Kier molecular flexibility index (Phi) is 7.53. The molecule has 2 heteroatoms. The lowest BCUT2D eigenvalue weighted by Crippen LogP contribution is -2.10. The number of hydrogen-bond donors (Lipinski definition) is 0. The van der Waals surface area contributed by atoms with Crippen molar-refractivity contribution in [2.75, 3.05) is 4.90 Å². The van der Waals surface area contributed by atoms with Crippen molar-refractivity contribution in [1.82, 2.24) is 0 Å². The van der Waals surface area contributed by atoms with Gasteiger partial charge in [0.15, 0.2) is 0 Å². The molecule has 56 heavy (non-hydrogen) atoms. The summed E-state index contributed by atoms with van der Waals surface area (Å²) in [6.07, 6.45) is 0. The molecule has 1 heterocycles. The molecule has 0 spiro atoms. The number of benzene rings is 10. The second-order valence-electron chi connectivity index (χ2n) is 14.5. The Morgan fingerprint density at radius 3 is 1.68 bits per heavy atom. The fourth-order valence-corrected chi connectivity index (χ4v) is 8.59. The minimum Gasteiger partial charge on any atom is -0.456 e. The van der Waals surface area contributed by atoms with Crippen LogP contribution in [0.2, 0.25) is 0 Å². The van der Waals surface area contributed by atoms with Gasteiger partial charge in [0.05, 0.1) is 11.1 Å². The molecule has 2 nitrogen and oxygen atoms in total. The Morgan fingerprint density at radius 1 is 0.304 bits per heavy atom. The summed E-state index contributed by atoms with van der Waals surface area (Å²) in [4.78, 5) is 2.36. The van der Waals surface area contributed by atoms with E-state index in [9.17, 15) is 0 Å². The molecular weight excluding hydrogens is 679 g/mol. The van der Waals surface area contributed by atoms with Gasteiger partial charge in [-0.15, -0.1) is 0 Å². The summed E-state index contributed by atoms with van der Waals surface area (Å²) >= 11 is 0. The normalized spacial score (nSPS) is 11.6. The fourth-order valence-electron chi connectivity index (χ4n) is 8.59. The second kappa shape index (κ2) is 13.2. The summed E-state index contributed by atoms with van der Waals surface area (Å²) in [7, 11) is 0. The van der Waals surface area contributed by atoms with Crippen molar-refractivity contribution >= 4 is 71.3 Å². The molecule has 0 bridgehead atoms. The molecule has 11 rings (SSSR count). The first-order valence-electron chi connectivity index (χ1n) is 19.2. The first-order chi connectivity index (χ1) is 27.8. The van der Waals surface area contributed by atoms with E-state index < -0.39 is 0 Å². The zero-order chi connectivity index (χ0) is 37.0. The standard InChI is InChI=1S/C54H35NO/c1-2-12-37(13-3-1)44-20-10-15-40-34-39(28-33-46(40)44)36-24-29-42(30-25-36)55(51-21-11-23-53-54(51)49-19-8-9-22-52(49)56-53)43-31-26-38(27-32-43)50-35-41-14-4-5-16-45(41)47-17-6-7-18-48(47)50/h1-35H. The zero-order valence-electron chi connectivity index (χ0n) is 30.6. The van der Waals surface area contributed by atoms with Gasteiger partial charge in [-0.25, -0.2) is 0 Å². The van der Waals surface area contributed by atoms with Crippen LogP contribution in [-0.2, 0) is 0 Å². The van der Waals surface area contributed by atoms with Crippen LogP contribution in [0.4, 0.5) is 17.1 Å². The summed E-state index contributed by atoms with van der Waals surface area (Å²) in [5, 5.41) is 9.73. The van der Waals surface area contributed by atoms with E-state index in [-0.39, 0.29) is 0 Å². The van der Waals surface area contributed by atoms with Crippen LogP contribution in [0.3, 0.4) is 0 Å². The predicted molar refractivity (Wildman–Crippen MR) is 237 cm³/mol. The van der Waals surface area contributed by atoms with Crippen molar-refractivity contribution < 1.29 is 4.42 Å². The van der Waals surface area contributed by atoms with E-state index >= 15 is 0 Å². The molecule has 0 atom stereocenters. The lowest BCUT2D eigenvalue weighted by atomic mass is 9.93. The first-order valence-corrected chi connectivity index (χ1v) is 19.2. The van der Waals surface area contributed by atoms with Crippen LogP contribution in [0.1, 0.15) is 0 Å². The van der Waals surface area contributed by atoms with E-state index in [1.54, 1.807) is 0 Å². The SMILES string of the molecule is c1ccc(-c2cccc3cc(-c4ccc(N(c5ccc(-c6cc7ccccc7c7ccccc67)cc5)c5cccc6oc7ccccc7c56)cc4)ccc23)cc1. The second-order valence-corrected chi connectivity index (χ2v) is 14.5. The van der Waals surface area contributed by atoms with Crippen molar-refractivity contribution in [3.8, 4) is 33.4 Å². The Bertz CT molecular complexity index is 3230. The molecule has 0 saturated heterocycles. The maximum Gasteiger partial charge on any atom is 0.137 e. The molecular formula is C54H35NO. The van der Waals surface area contributed by atoms with Crippen LogP contribution < -0.4 is 4.90 Å². The van der Waals surface area contributed by atoms with Crippen molar-refractivity contribution in [2.24, 2.45) is 0 Å². The van der Waals surface area contributed by atoms with Gasteiger partial charge in [-0.2, -0.15) is 0 Å². The highest BCUT2D eigenvalue weighted by Crippen LogP contribution is 2.44. The average Bonchev–Trinajstić information content (AvgIpc) is 3.66. The maximum atomic E-state index is 6.39. The number of rotatable bonds is 6. The molecule has 0 amide bonds. The van der Waals surface area contributed by atoms with Gasteiger partial charge in [0, 0.05) is 16.8 Å². The van der Waals surface area contributed by atoms with Crippen LogP contribution in [0.25, 0.3) is 87.6 Å². The molecule has 0 aliphatic carbocycles. The summed E-state index contributed by atoms with van der Waals surface area (Å²) in [5.41, 5.74) is 12.2. The molecule has 1 aromatic heterocycles. The summed E-state index contributed by atoms with van der Waals surface area (Å²) in [6.45, 7) is 0. The Hall–Kier alpha value is -7.42. The number of fused-ring (bicyclic) bond motifs is 7. The molecule has 0 saturated carbocycles. The van der Waals surface area contributed by atoms with Crippen molar-refractivity contribution in [3.05, 3.63) is 212 Å². The minimum absolute atomic E-state index is 0.871. The largest absolute Gasteiger partial charge is 0.456 e. The van der Waals surface area contributed by atoms with E-state index in [0.29, 0.717) is 0 Å². The molecule has 0 aliphatic rings. The number of furan rings is 1. The fraction of sp³-hybridized carbons (Fsp3) is 0. The topological polar surface area (TPSA) is 16.4 Å². The van der Waals surface area contributed by atoms with Gasteiger partial charge < -0.3 is 9.32 Å². The molecule has 10 aromatic carbocycles. The molecule has 0 aliphatic heterocycles. The Balaban J connectivity index is 1.03. The number of nitrogens with zero attached hydrogens (tertiary/aromatic N) is 1. The molecule has 0 N–H and O–H groups in total. The molecule has 262 valence electrons. The number of hydrogen-bond acceptors (Lipinski definition) is 2. The highest BCUT2D eigenvalue weighted by Gasteiger charge is 2.20. The Morgan fingerprint density at radius 2 is 0.875 bits per heavy atom. The van der Waals surface area contributed by atoms with Crippen molar-refractivity contribution in [2.45, 2.75) is 0 Å². The van der Waals surface area contributed by atoms with E-state index in [0.717, 1.165) is 39.0 Å². The minimum atomic E-state index is 0.871. The summed E-state index contributed by atoms with van der Waals surface area (Å²) in [5.74, 6) is 0. The lowest BCUT2D eigenvalue weighted by molar-refractivity contribution is 0.669. The highest BCUT2D eigenvalue weighted by molar-refractivity contribution is 6.15. The van der Waals surface area contributed by atoms with E-state index in [1.807, 2.05) is 12.1 Å². The zero-order valence-corrected chi connectivity index (χ0v) is 30.6. The molecule has 11 aromatic rings. The van der Waals surface area contributed by atoms with Crippen LogP contribution in [0, 0.1) is 0 Å². The summed E-state index contributed by atoms with van der Waals surface area (Å²) in [6, 6.07) is 76.4. The van der Waals surface area contributed by atoms with Gasteiger partial charge >= 0.3 is 0 Å². The van der Waals surface area contributed by atoms with Crippen molar-refractivity contribution in [1.29, 1.82) is 0 Å². The quantitative estimate of drug-likeness (QED) is 0.160. The van der Waals surface area contributed by atoms with Crippen LogP contribution in [-0.4, -0.2) is 0 Å². The highest BCUT2D eigenvalue weighted by atomic mass is 16.3. The smallest absolute Gasteiger partial charge is 0.137 e. The van der Waals surface area contributed by atoms with Gasteiger partial charge in [-0.3, -0.25) is 0 Å². The van der Waals surface area contributed by atoms with E-state index in [1.165, 1.54) is 65.7 Å². The van der Waals surface area contributed by atoms with Crippen molar-refractivity contribution in [3.63, 3.8) is 0 Å². The average molecular weight is 714 g/mol. The lowest BCUT2D eigenvalue weighted by Gasteiger charge is -2.27. The Labute approximate surface area is 325 Å². The molecule has 0 unspecified atom stereocenters. The predicted octanol–water partition coefficient (Wildman–Crippen LogP) is 15.5. The van der Waals surface area contributed by atoms with Crippen LogP contribution in [0.5, 0.6) is 0 Å². The van der Waals surface area contributed by atoms with Gasteiger partial charge in [-0.1, -0.05) is 158 Å². The van der Waals surface area contributed by atoms with E-state index in [2.05, 4.69) is 205 Å². The molecule has 0 fully saturated rings. The van der Waals surface area contributed by atoms with Crippen LogP contribution in [0.15, 0.2) is 217 Å². The van der Waals surface area contributed by atoms with Gasteiger partial charge in [0.1, 0.15) is 11.2 Å². The van der Waals surface area contributed by atoms with Gasteiger partial charge in [-0.05, 0) is 120 Å². The number of para-hydroxylation sites is 1. The third kappa shape index (κ3) is 5.34. The first kappa shape index (κ1) is 32.0. The summed E-state index contributed by atoms with van der Waals surface area (Å²) < 4.78 is 6.39. The third-order valence-corrected chi connectivity index (χ3v) is 11.3.